The van der Waals surface area contributed by atoms with Crippen LogP contribution in [0.15, 0.2) is 58.3 Å². The van der Waals surface area contributed by atoms with Crippen LogP contribution in [0.4, 0.5) is 0 Å². The van der Waals surface area contributed by atoms with E-state index in [1.54, 1.807) is 24.3 Å². The Labute approximate surface area is 173 Å². The van der Waals surface area contributed by atoms with Gasteiger partial charge in [0.05, 0.1) is 11.1 Å². The third-order valence-corrected chi connectivity index (χ3v) is 6.07. The third-order valence-electron chi connectivity index (χ3n) is 3.30. The molecule has 0 fully saturated rings. The van der Waals surface area contributed by atoms with Crippen molar-refractivity contribution >= 4 is 69.6 Å². The summed E-state index contributed by atoms with van der Waals surface area (Å²) in [4.78, 5) is 22.1. The topological polar surface area (TPSA) is 126 Å². The zero-order chi connectivity index (χ0) is 17.5. The first kappa shape index (κ1) is 19.9. The Balaban J connectivity index is 0.000000173. The van der Waals surface area contributed by atoms with Crippen molar-refractivity contribution in [2.24, 2.45) is 0 Å². The molecule has 2 heterocycles. The summed E-state index contributed by atoms with van der Waals surface area (Å²) in [5.74, 6) is -1.10. The molecule has 0 spiro atoms. The molecule has 0 saturated carbocycles. The quantitative estimate of drug-likeness (QED) is 0.556. The molecular weight excluding hydrogens is 396 g/mol. The number of rotatable bonds is 0. The van der Waals surface area contributed by atoms with Crippen molar-refractivity contribution in [3.8, 4) is 0 Å². The van der Waals surface area contributed by atoms with Crippen molar-refractivity contribution in [2.75, 3.05) is 0 Å². The maximum absolute atomic E-state index is 11.1. The fourth-order valence-electron chi connectivity index (χ4n) is 2.24. The van der Waals surface area contributed by atoms with Gasteiger partial charge in [-0.05, 0) is 24.3 Å². The molecule has 0 aromatic heterocycles. The summed E-state index contributed by atoms with van der Waals surface area (Å²) in [5.41, 5.74) is 0.440. The Hall–Kier alpha value is -1.46. The average Bonchev–Trinajstić information content (AvgIpc) is 2.91. The number of sulfonamides is 2. The fourth-order valence-corrected chi connectivity index (χ4v) is 4.59. The van der Waals surface area contributed by atoms with E-state index in [0.717, 1.165) is 0 Å². The van der Waals surface area contributed by atoms with E-state index >= 15 is 0 Å². The molecule has 4 rings (SSSR count). The Bertz CT molecular complexity index is 993. The van der Waals surface area contributed by atoms with E-state index in [0.29, 0.717) is 0 Å². The SMILES string of the molecule is O=C1NS(=O)(=O)c2ccccc21.O=C1NS(=O)(=O)c2ccccc21.[CaH2]. The molecule has 2 aliphatic rings. The summed E-state index contributed by atoms with van der Waals surface area (Å²) in [6.07, 6.45) is 0. The van der Waals surface area contributed by atoms with Crippen LogP contribution < -0.4 is 9.44 Å². The molecule has 0 atom stereocenters. The van der Waals surface area contributed by atoms with Crippen molar-refractivity contribution < 1.29 is 26.4 Å². The number of nitrogens with one attached hydrogen (secondary N) is 2. The Kier molecular flexibility index (Phi) is 5.59. The summed E-state index contributed by atoms with van der Waals surface area (Å²) in [6.45, 7) is 0. The van der Waals surface area contributed by atoms with Crippen LogP contribution in [0.25, 0.3) is 0 Å². The molecule has 2 N–H and O–H groups in total. The van der Waals surface area contributed by atoms with E-state index in [1.165, 1.54) is 24.3 Å². The van der Waals surface area contributed by atoms with E-state index in [-0.39, 0.29) is 58.7 Å². The zero-order valence-electron chi connectivity index (χ0n) is 11.9. The molecule has 2 aromatic rings. The van der Waals surface area contributed by atoms with Gasteiger partial charge in [-0.1, -0.05) is 24.3 Å². The number of carbonyl (C=O) groups is 2. The van der Waals surface area contributed by atoms with Gasteiger partial charge < -0.3 is 0 Å². The van der Waals surface area contributed by atoms with Gasteiger partial charge in [0.15, 0.2) is 0 Å². The van der Waals surface area contributed by atoms with Crippen LogP contribution in [0.2, 0.25) is 0 Å². The van der Waals surface area contributed by atoms with Crippen LogP contribution >= 0.6 is 0 Å². The number of amides is 2. The third kappa shape index (κ3) is 3.72. The van der Waals surface area contributed by atoms with Crippen LogP contribution in [0.3, 0.4) is 0 Å². The molecular formula is C14H12CaN2O6S2. The van der Waals surface area contributed by atoms with Crippen LogP contribution in [-0.2, 0) is 20.0 Å². The van der Waals surface area contributed by atoms with Gasteiger partial charge in [0.1, 0.15) is 9.79 Å². The second-order valence-electron chi connectivity index (χ2n) is 4.86. The Morgan fingerprint density at radius 2 is 0.920 bits per heavy atom. The van der Waals surface area contributed by atoms with Crippen molar-refractivity contribution in [1.29, 1.82) is 0 Å². The van der Waals surface area contributed by atoms with E-state index in [2.05, 4.69) is 0 Å². The number of carbonyl (C=O) groups excluding carboxylic acids is 2. The summed E-state index contributed by atoms with van der Waals surface area (Å²) >= 11 is 0. The van der Waals surface area contributed by atoms with Crippen molar-refractivity contribution in [3.63, 3.8) is 0 Å². The van der Waals surface area contributed by atoms with Crippen molar-refractivity contribution in [1.82, 2.24) is 9.44 Å². The number of hydrogen-bond donors (Lipinski definition) is 2. The van der Waals surface area contributed by atoms with Gasteiger partial charge in [-0.25, -0.2) is 26.3 Å². The molecule has 0 radical (unpaired) electrons. The van der Waals surface area contributed by atoms with Crippen LogP contribution in [0.1, 0.15) is 20.7 Å². The Morgan fingerprint density at radius 1 is 0.600 bits per heavy atom. The van der Waals surface area contributed by atoms with Gasteiger partial charge >= 0.3 is 37.7 Å². The first-order valence-electron chi connectivity index (χ1n) is 6.55. The molecule has 0 aliphatic carbocycles. The Morgan fingerprint density at radius 3 is 1.24 bits per heavy atom. The van der Waals surface area contributed by atoms with Crippen LogP contribution in [0.5, 0.6) is 0 Å². The van der Waals surface area contributed by atoms with E-state index in [1.807, 2.05) is 9.44 Å². The molecule has 8 nitrogen and oxygen atoms in total. The van der Waals surface area contributed by atoms with Gasteiger partial charge in [-0.15, -0.1) is 0 Å². The standard InChI is InChI=1S/2C7H5NO3S.Ca.2H/c2*9-7-5-3-1-2-4-6(5)12(10,11)8-7;;;/h2*1-4H,(H,8,9);;;. The first-order chi connectivity index (χ1) is 11.2. The molecule has 2 aliphatic heterocycles. The first-order valence-corrected chi connectivity index (χ1v) is 9.51. The zero-order valence-corrected chi connectivity index (χ0v) is 13.5. The number of hydrogen-bond acceptors (Lipinski definition) is 6. The van der Waals surface area contributed by atoms with E-state index < -0.39 is 31.9 Å². The summed E-state index contributed by atoms with van der Waals surface area (Å²) in [5, 5.41) is 0. The van der Waals surface area contributed by atoms with Gasteiger partial charge in [-0.2, -0.15) is 0 Å². The van der Waals surface area contributed by atoms with Crippen molar-refractivity contribution in [2.45, 2.75) is 9.79 Å². The minimum absolute atomic E-state index is 0. The molecule has 2 aromatic carbocycles. The monoisotopic (exact) mass is 408 g/mol. The number of benzene rings is 2. The molecule has 128 valence electrons. The fraction of sp³-hybridized carbons (Fsp3) is 0. The summed E-state index contributed by atoms with van der Waals surface area (Å²) in [6, 6.07) is 12.2. The van der Waals surface area contributed by atoms with Crippen LogP contribution in [0, 0.1) is 0 Å². The molecule has 0 unspecified atom stereocenters. The molecule has 0 saturated heterocycles. The van der Waals surface area contributed by atoms with E-state index in [4.69, 9.17) is 0 Å². The van der Waals surface area contributed by atoms with Gasteiger partial charge in [0, 0.05) is 0 Å². The predicted molar refractivity (Wildman–Crippen MR) is 90.7 cm³/mol. The van der Waals surface area contributed by atoms with Crippen LogP contribution in [-0.4, -0.2) is 66.4 Å². The van der Waals surface area contributed by atoms with Gasteiger partial charge in [0.25, 0.3) is 31.9 Å². The molecule has 0 bridgehead atoms. The average molecular weight is 408 g/mol. The summed E-state index contributed by atoms with van der Waals surface area (Å²) in [7, 11) is -7.11. The minimum atomic E-state index is -3.55. The van der Waals surface area contributed by atoms with Crippen molar-refractivity contribution in [3.05, 3.63) is 59.7 Å². The van der Waals surface area contributed by atoms with Gasteiger partial charge in [0.2, 0.25) is 0 Å². The number of fused-ring (bicyclic) bond motifs is 2. The van der Waals surface area contributed by atoms with E-state index in [9.17, 15) is 26.4 Å². The second-order valence-corrected chi connectivity index (χ2v) is 8.16. The maximum atomic E-state index is 11.1. The summed E-state index contributed by atoms with van der Waals surface area (Å²) < 4.78 is 48.3. The molecule has 25 heavy (non-hydrogen) atoms. The normalized spacial score (nSPS) is 17.8. The van der Waals surface area contributed by atoms with Gasteiger partial charge in [-0.3, -0.25) is 9.59 Å². The predicted octanol–water partition coefficient (Wildman–Crippen LogP) is -0.679. The second kappa shape index (κ2) is 7.04. The molecule has 11 heteroatoms. The molecule has 2 amide bonds.